The standard InChI is InChI=1S/C19H20BrNO3S/c20-16-6-8-19-15(9-16)10-17(12-24-19)21-25(22,23)18-7-5-13-3-1-2-4-14(13)11-18/h5-9,11,17,21H,1-4,10,12H2. The third-order valence-electron chi connectivity index (χ3n) is 4.88. The number of ether oxygens (including phenoxy) is 1. The highest BCUT2D eigenvalue weighted by atomic mass is 79.9. The molecule has 0 spiro atoms. The molecule has 1 aliphatic carbocycles. The molecule has 0 fully saturated rings. The normalized spacial score (nSPS) is 19.6. The van der Waals surface area contributed by atoms with Crippen LogP contribution in [0.3, 0.4) is 0 Å². The first-order chi connectivity index (χ1) is 12.0. The Hall–Kier alpha value is -1.37. The van der Waals surface area contributed by atoms with Crippen molar-refractivity contribution in [2.24, 2.45) is 0 Å². The van der Waals surface area contributed by atoms with Crippen LogP contribution in [0.2, 0.25) is 0 Å². The molecule has 2 aliphatic rings. The topological polar surface area (TPSA) is 55.4 Å². The molecule has 4 rings (SSSR count). The van der Waals surface area contributed by atoms with E-state index in [-0.39, 0.29) is 6.04 Å². The van der Waals surface area contributed by atoms with Gasteiger partial charge in [0.2, 0.25) is 10.0 Å². The fourth-order valence-electron chi connectivity index (χ4n) is 3.60. The number of nitrogens with one attached hydrogen (secondary N) is 1. The molecule has 132 valence electrons. The average Bonchev–Trinajstić information content (AvgIpc) is 2.60. The number of halogens is 1. The zero-order valence-corrected chi connectivity index (χ0v) is 16.2. The molecular weight excluding hydrogens is 402 g/mol. The highest BCUT2D eigenvalue weighted by Gasteiger charge is 2.26. The summed E-state index contributed by atoms with van der Waals surface area (Å²) in [5.74, 6) is 0.826. The van der Waals surface area contributed by atoms with E-state index in [1.54, 1.807) is 6.07 Å². The second kappa shape index (κ2) is 6.74. The highest BCUT2D eigenvalue weighted by molar-refractivity contribution is 9.10. The van der Waals surface area contributed by atoms with Gasteiger partial charge in [0, 0.05) is 4.47 Å². The lowest BCUT2D eigenvalue weighted by molar-refractivity contribution is 0.254. The van der Waals surface area contributed by atoms with Gasteiger partial charge in [0.15, 0.2) is 0 Å². The molecule has 4 nitrogen and oxygen atoms in total. The molecular formula is C19H20BrNO3S. The van der Waals surface area contributed by atoms with Gasteiger partial charge in [0.25, 0.3) is 0 Å². The molecule has 0 amide bonds. The molecule has 25 heavy (non-hydrogen) atoms. The van der Waals surface area contributed by atoms with Crippen LogP contribution < -0.4 is 9.46 Å². The van der Waals surface area contributed by atoms with Crippen LogP contribution >= 0.6 is 15.9 Å². The molecule has 2 aromatic rings. The number of fused-ring (bicyclic) bond motifs is 2. The number of hydrogen-bond acceptors (Lipinski definition) is 3. The molecule has 0 radical (unpaired) electrons. The van der Waals surface area contributed by atoms with Gasteiger partial charge in [-0.15, -0.1) is 0 Å². The Morgan fingerprint density at radius 2 is 1.80 bits per heavy atom. The van der Waals surface area contributed by atoms with Gasteiger partial charge < -0.3 is 4.74 Å². The van der Waals surface area contributed by atoms with Gasteiger partial charge >= 0.3 is 0 Å². The summed E-state index contributed by atoms with van der Waals surface area (Å²) in [7, 11) is -3.55. The molecule has 0 saturated heterocycles. The quantitative estimate of drug-likeness (QED) is 0.823. The minimum atomic E-state index is -3.55. The van der Waals surface area contributed by atoms with E-state index in [1.807, 2.05) is 30.3 Å². The smallest absolute Gasteiger partial charge is 0.240 e. The molecule has 1 atom stereocenters. The predicted octanol–water partition coefficient (Wildman–Crippen LogP) is 3.61. The van der Waals surface area contributed by atoms with Crippen LogP contribution in [0.1, 0.15) is 29.5 Å². The Labute approximate surface area is 156 Å². The molecule has 1 heterocycles. The van der Waals surface area contributed by atoms with Crippen molar-refractivity contribution in [3.63, 3.8) is 0 Å². The highest BCUT2D eigenvalue weighted by Crippen LogP contribution is 2.29. The van der Waals surface area contributed by atoms with Crippen LogP contribution in [0.15, 0.2) is 45.8 Å². The summed E-state index contributed by atoms with van der Waals surface area (Å²) in [5, 5.41) is 0. The van der Waals surface area contributed by atoms with E-state index in [1.165, 1.54) is 17.5 Å². The average molecular weight is 422 g/mol. The lowest BCUT2D eigenvalue weighted by Crippen LogP contribution is -2.42. The minimum Gasteiger partial charge on any atom is -0.492 e. The van der Waals surface area contributed by atoms with Crippen LogP contribution in [0.5, 0.6) is 5.75 Å². The molecule has 1 aliphatic heterocycles. The van der Waals surface area contributed by atoms with E-state index < -0.39 is 10.0 Å². The Morgan fingerprint density at radius 1 is 1.00 bits per heavy atom. The molecule has 6 heteroatoms. The van der Waals surface area contributed by atoms with Crippen molar-refractivity contribution in [2.75, 3.05) is 6.61 Å². The molecule has 0 bridgehead atoms. The van der Waals surface area contributed by atoms with Crippen molar-refractivity contribution in [2.45, 2.75) is 43.0 Å². The first-order valence-electron chi connectivity index (χ1n) is 8.57. The van der Waals surface area contributed by atoms with Crippen molar-refractivity contribution in [3.05, 3.63) is 57.6 Å². The van der Waals surface area contributed by atoms with Crippen molar-refractivity contribution in [1.29, 1.82) is 0 Å². The summed E-state index contributed by atoms with van der Waals surface area (Å²) in [5.41, 5.74) is 3.46. The first kappa shape index (κ1) is 17.1. The Kier molecular flexibility index (Phi) is 4.60. The number of benzene rings is 2. The summed E-state index contributed by atoms with van der Waals surface area (Å²) in [6, 6.07) is 11.1. The Morgan fingerprint density at radius 3 is 2.64 bits per heavy atom. The van der Waals surface area contributed by atoms with Gasteiger partial charge in [-0.3, -0.25) is 0 Å². The van der Waals surface area contributed by atoms with Crippen LogP contribution in [-0.4, -0.2) is 21.1 Å². The van der Waals surface area contributed by atoms with Gasteiger partial charge in [-0.25, -0.2) is 13.1 Å². The largest absolute Gasteiger partial charge is 0.492 e. The zero-order valence-electron chi connectivity index (χ0n) is 13.8. The molecule has 0 aromatic heterocycles. The third kappa shape index (κ3) is 3.61. The van der Waals surface area contributed by atoms with E-state index in [9.17, 15) is 8.42 Å². The lowest BCUT2D eigenvalue weighted by atomic mass is 9.92. The molecule has 0 saturated carbocycles. The summed E-state index contributed by atoms with van der Waals surface area (Å²) in [6.45, 7) is 0.346. The Balaban J connectivity index is 1.54. The van der Waals surface area contributed by atoms with Gasteiger partial charge in [-0.1, -0.05) is 22.0 Å². The van der Waals surface area contributed by atoms with Crippen LogP contribution in [0, 0.1) is 0 Å². The maximum Gasteiger partial charge on any atom is 0.240 e. The van der Waals surface area contributed by atoms with E-state index >= 15 is 0 Å². The predicted molar refractivity (Wildman–Crippen MR) is 101 cm³/mol. The van der Waals surface area contributed by atoms with Gasteiger partial charge in [-0.2, -0.15) is 0 Å². The van der Waals surface area contributed by atoms with E-state index in [0.29, 0.717) is 17.9 Å². The van der Waals surface area contributed by atoms with Gasteiger partial charge in [-0.05, 0) is 79.1 Å². The monoisotopic (exact) mass is 421 g/mol. The van der Waals surface area contributed by atoms with E-state index in [0.717, 1.165) is 35.0 Å². The summed E-state index contributed by atoms with van der Waals surface area (Å²) in [6.07, 6.45) is 4.95. The molecule has 1 N–H and O–H groups in total. The van der Waals surface area contributed by atoms with E-state index in [4.69, 9.17) is 4.74 Å². The summed E-state index contributed by atoms with van der Waals surface area (Å²) < 4.78 is 35.1. The maximum atomic E-state index is 12.8. The van der Waals surface area contributed by atoms with Crippen molar-refractivity contribution in [3.8, 4) is 5.75 Å². The van der Waals surface area contributed by atoms with Crippen molar-refractivity contribution < 1.29 is 13.2 Å². The van der Waals surface area contributed by atoms with Crippen molar-refractivity contribution in [1.82, 2.24) is 4.72 Å². The van der Waals surface area contributed by atoms with Gasteiger partial charge in [0.1, 0.15) is 12.4 Å². The fraction of sp³-hybridized carbons (Fsp3) is 0.368. The second-order valence-electron chi connectivity index (χ2n) is 6.72. The second-order valence-corrected chi connectivity index (χ2v) is 9.35. The van der Waals surface area contributed by atoms with Crippen LogP contribution in [0.4, 0.5) is 0 Å². The van der Waals surface area contributed by atoms with Crippen LogP contribution in [0.25, 0.3) is 0 Å². The van der Waals surface area contributed by atoms with Gasteiger partial charge in [0.05, 0.1) is 10.9 Å². The van der Waals surface area contributed by atoms with Crippen LogP contribution in [-0.2, 0) is 29.3 Å². The number of rotatable bonds is 3. The maximum absolute atomic E-state index is 12.8. The Bertz CT molecular complexity index is 911. The summed E-state index contributed by atoms with van der Waals surface area (Å²) >= 11 is 3.45. The molecule has 1 unspecified atom stereocenters. The molecule has 2 aromatic carbocycles. The summed E-state index contributed by atoms with van der Waals surface area (Å²) in [4.78, 5) is 0.355. The zero-order chi connectivity index (χ0) is 17.4. The third-order valence-corrected chi connectivity index (χ3v) is 6.89. The minimum absolute atomic E-state index is 0.261. The SMILES string of the molecule is O=S(=O)(NC1COc2ccc(Br)cc2C1)c1ccc2c(c1)CCCC2. The lowest BCUT2D eigenvalue weighted by Gasteiger charge is -2.26. The first-order valence-corrected chi connectivity index (χ1v) is 10.8. The van der Waals surface area contributed by atoms with E-state index in [2.05, 4.69) is 20.7 Å². The number of aryl methyl sites for hydroxylation is 2. The van der Waals surface area contributed by atoms with Crippen molar-refractivity contribution >= 4 is 26.0 Å². The number of sulfonamides is 1. The number of hydrogen-bond donors (Lipinski definition) is 1. The fourth-order valence-corrected chi connectivity index (χ4v) is 5.28.